The van der Waals surface area contributed by atoms with Gasteiger partial charge in [0.2, 0.25) is 10.0 Å². The van der Waals surface area contributed by atoms with Crippen LogP contribution in [0.2, 0.25) is 0 Å². The molecule has 6 nitrogen and oxygen atoms in total. The predicted molar refractivity (Wildman–Crippen MR) is 80.1 cm³/mol. The molecule has 0 fully saturated rings. The van der Waals surface area contributed by atoms with Gasteiger partial charge in [-0.3, -0.25) is 0 Å². The molecule has 1 unspecified atom stereocenters. The van der Waals surface area contributed by atoms with E-state index in [1.807, 2.05) is 13.8 Å². The van der Waals surface area contributed by atoms with Gasteiger partial charge in [-0.15, -0.1) is 0 Å². The fraction of sp³-hybridized carbons (Fsp3) is 0.667. The van der Waals surface area contributed by atoms with Crippen molar-refractivity contribution < 1.29 is 17.6 Å². The molecular formula is C12H21BrN2O4S. The number of ether oxygens (including phenoxy) is 1. The number of hydrogen-bond donors (Lipinski definition) is 2. The first-order chi connectivity index (χ1) is 9.40. The van der Waals surface area contributed by atoms with E-state index in [9.17, 15) is 8.42 Å². The molecule has 20 heavy (non-hydrogen) atoms. The molecule has 0 aliphatic rings. The third-order valence-electron chi connectivity index (χ3n) is 2.47. The predicted octanol–water partition coefficient (Wildman–Crippen LogP) is 1.85. The van der Waals surface area contributed by atoms with Crippen LogP contribution < -0.4 is 10.0 Å². The number of hydrogen-bond acceptors (Lipinski definition) is 5. The third kappa shape index (κ3) is 5.17. The monoisotopic (exact) mass is 368 g/mol. The molecule has 0 spiro atoms. The summed E-state index contributed by atoms with van der Waals surface area (Å²) in [5.74, 6) is 0.566. The number of sulfonamides is 1. The molecule has 1 aromatic rings. The largest absolute Gasteiger partial charge is 0.452 e. The Morgan fingerprint density at radius 1 is 1.45 bits per heavy atom. The average Bonchev–Trinajstić information content (AvgIpc) is 2.75. The number of furan rings is 1. The molecule has 1 heterocycles. The van der Waals surface area contributed by atoms with Crippen molar-refractivity contribution >= 4 is 26.0 Å². The summed E-state index contributed by atoms with van der Waals surface area (Å²) in [7, 11) is -3.62. The van der Waals surface area contributed by atoms with Gasteiger partial charge in [0.25, 0.3) is 0 Å². The Morgan fingerprint density at radius 2 is 2.15 bits per heavy atom. The van der Waals surface area contributed by atoms with Gasteiger partial charge in [-0.25, -0.2) is 13.1 Å². The van der Waals surface area contributed by atoms with E-state index >= 15 is 0 Å². The van der Waals surface area contributed by atoms with Crippen LogP contribution in [0.4, 0.5) is 0 Å². The molecule has 0 amide bonds. The second-order valence-electron chi connectivity index (χ2n) is 4.31. The van der Waals surface area contributed by atoms with Gasteiger partial charge in [-0.1, -0.05) is 6.92 Å². The number of rotatable bonds is 9. The van der Waals surface area contributed by atoms with Crippen molar-refractivity contribution in [1.29, 1.82) is 0 Å². The van der Waals surface area contributed by atoms with E-state index in [2.05, 4.69) is 26.0 Å². The van der Waals surface area contributed by atoms with Crippen LogP contribution in [0.1, 0.15) is 26.5 Å². The zero-order chi connectivity index (χ0) is 15.2. The van der Waals surface area contributed by atoms with Gasteiger partial charge in [-0.05, 0) is 36.3 Å². The summed E-state index contributed by atoms with van der Waals surface area (Å²) >= 11 is 3.14. The molecule has 1 atom stereocenters. The quantitative estimate of drug-likeness (QED) is 0.695. The number of halogens is 1. The van der Waals surface area contributed by atoms with Crippen molar-refractivity contribution in [1.82, 2.24) is 10.0 Å². The van der Waals surface area contributed by atoms with Crippen molar-refractivity contribution in [2.24, 2.45) is 0 Å². The molecule has 0 saturated carbocycles. The van der Waals surface area contributed by atoms with E-state index in [4.69, 9.17) is 9.15 Å². The number of nitrogens with one attached hydrogen (secondary N) is 2. The molecule has 0 aliphatic carbocycles. The molecule has 0 saturated heterocycles. The van der Waals surface area contributed by atoms with Gasteiger partial charge in [-0.2, -0.15) is 0 Å². The van der Waals surface area contributed by atoms with Crippen LogP contribution >= 0.6 is 15.9 Å². The Morgan fingerprint density at radius 3 is 2.75 bits per heavy atom. The summed E-state index contributed by atoms with van der Waals surface area (Å²) in [6.07, 6.45) is 0. The van der Waals surface area contributed by atoms with Crippen LogP contribution in [0.5, 0.6) is 0 Å². The molecule has 0 radical (unpaired) electrons. The Bertz CT molecular complexity index is 516. The van der Waals surface area contributed by atoms with E-state index < -0.39 is 10.0 Å². The van der Waals surface area contributed by atoms with Crippen LogP contribution in [-0.2, 0) is 21.3 Å². The lowest BCUT2D eigenvalue weighted by molar-refractivity contribution is 0.133. The van der Waals surface area contributed by atoms with Gasteiger partial charge in [0.15, 0.2) is 4.67 Å². The SMILES string of the molecule is CCNCc1cc(S(=O)(=O)NC(C)COCC)c(Br)o1. The van der Waals surface area contributed by atoms with E-state index in [1.54, 1.807) is 6.92 Å². The van der Waals surface area contributed by atoms with Gasteiger partial charge < -0.3 is 14.5 Å². The average molecular weight is 369 g/mol. The van der Waals surface area contributed by atoms with Crippen LogP contribution in [0.15, 0.2) is 20.0 Å². The lowest BCUT2D eigenvalue weighted by atomic mass is 10.4. The van der Waals surface area contributed by atoms with Gasteiger partial charge in [0.1, 0.15) is 10.7 Å². The van der Waals surface area contributed by atoms with Crippen molar-refractivity contribution in [3.05, 3.63) is 16.5 Å². The minimum atomic E-state index is -3.62. The Kier molecular flexibility index (Phi) is 7.18. The Hall–Kier alpha value is -0.410. The van der Waals surface area contributed by atoms with Crippen LogP contribution in [-0.4, -0.2) is 34.2 Å². The van der Waals surface area contributed by atoms with Crippen molar-refractivity contribution in [3.63, 3.8) is 0 Å². The van der Waals surface area contributed by atoms with Gasteiger partial charge in [0, 0.05) is 18.7 Å². The van der Waals surface area contributed by atoms with Gasteiger partial charge >= 0.3 is 0 Å². The molecule has 1 aromatic heterocycles. The summed E-state index contributed by atoms with van der Waals surface area (Å²) in [6, 6.07) is 1.21. The standard InChI is InChI=1S/C12H21BrN2O4S/c1-4-14-7-10-6-11(12(13)19-10)20(16,17)15-9(3)8-18-5-2/h6,9,14-15H,4-5,7-8H2,1-3H3. The topological polar surface area (TPSA) is 80.6 Å². The maximum absolute atomic E-state index is 12.2. The van der Waals surface area contributed by atoms with Crippen molar-refractivity contribution in [2.45, 2.75) is 38.3 Å². The van der Waals surface area contributed by atoms with E-state index in [1.165, 1.54) is 6.07 Å². The van der Waals surface area contributed by atoms with Crippen LogP contribution in [0.3, 0.4) is 0 Å². The molecular weight excluding hydrogens is 348 g/mol. The first-order valence-corrected chi connectivity index (χ1v) is 8.77. The molecule has 0 aliphatic heterocycles. The lowest BCUT2D eigenvalue weighted by Gasteiger charge is -2.13. The normalized spacial score (nSPS) is 13.6. The molecule has 1 rings (SSSR count). The summed E-state index contributed by atoms with van der Waals surface area (Å²) in [4.78, 5) is 0.105. The molecule has 116 valence electrons. The highest BCUT2D eigenvalue weighted by Gasteiger charge is 2.24. The first-order valence-electron chi connectivity index (χ1n) is 6.49. The lowest BCUT2D eigenvalue weighted by Crippen LogP contribution is -2.35. The highest BCUT2D eigenvalue weighted by atomic mass is 79.9. The van der Waals surface area contributed by atoms with Crippen LogP contribution in [0, 0.1) is 0 Å². The Labute approximate surface area is 128 Å². The molecule has 2 N–H and O–H groups in total. The summed E-state index contributed by atoms with van der Waals surface area (Å²) < 4.78 is 37.8. The first kappa shape index (κ1) is 17.6. The highest BCUT2D eigenvalue weighted by Crippen LogP contribution is 2.26. The minimum Gasteiger partial charge on any atom is -0.452 e. The molecule has 0 aromatic carbocycles. The minimum absolute atomic E-state index is 0.105. The van der Waals surface area contributed by atoms with Gasteiger partial charge in [0.05, 0.1) is 13.2 Å². The summed E-state index contributed by atoms with van der Waals surface area (Å²) in [6.45, 7) is 7.72. The van der Waals surface area contributed by atoms with E-state index in [-0.39, 0.29) is 15.6 Å². The smallest absolute Gasteiger partial charge is 0.245 e. The third-order valence-corrected chi connectivity index (χ3v) is 4.92. The molecule has 0 bridgehead atoms. The zero-order valence-electron chi connectivity index (χ0n) is 11.9. The van der Waals surface area contributed by atoms with Crippen LogP contribution in [0.25, 0.3) is 0 Å². The highest BCUT2D eigenvalue weighted by molar-refractivity contribution is 9.10. The van der Waals surface area contributed by atoms with E-state index in [0.29, 0.717) is 25.5 Å². The molecule has 8 heteroatoms. The fourth-order valence-corrected chi connectivity index (χ4v) is 3.80. The fourth-order valence-electron chi connectivity index (χ4n) is 1.57. The second-order valence-corrected chi connectivity index (χ2v) is 6.72. The van der Waals surface area contributed by atoms with Crippen molar-refractivity contribution in [3.8, 4) is 0 Å². The zero-order valence-corrected chi connectivity index (χ0v) is 14.3. The second kappa shape index (κ2) is 8.14. The summed E-state index contributed by atoms with van der Waals surface area (Å²) in [5.41, 5.74) is 0. The maximum atomic E-state index is 12.2. The van der Waals surface area contributed by atoms with E-state index in [0.717, 1.165) is 6.54 Å². The van der Waals surface area contributed by atoms with Crippen molar-refractivity contribution in [2.75, 3.05) is 19.8 Å². The maximum Gasteiger partial charge on any atom is 0.245 e. The Balaban J connectivity index is 2.78. The summed E-state index contributed by atoms with van der Waals surface area (Å²) in [5, 5.41) is 3.08.